The molecule has 0 spiro atoms. The van der Waals surface area contributed by atoms with E-state index in [4.69, 9.17) is 4.52 Å². The monoisotopic (exact) mass is 418 g/mol. The predicted octanol–water partition coefficient (Wildman–Crippen LogP) is 3.96. The molecule has 0 saturated heterocycles. The SMILES string of the molecule is Cc1cccc(C)c1NC(=O)Cn1cccc(-c2nc(-c3ccc(F)cc3)no2)c1=O. The van der Waals surface area contributed by atoms with Gasteiger partial charge >= 0.3 is 0 Å². The van der Waals surface area contributed by atoms with Crippen LogP contribution in [0.4, 0.5) is 10.1 Å². The Kier molecular flexibility index (Phi) is 5.44. The Morgan fingerprint density at radius 3 is 2.48 bits per heavy atom. The van der Waals surface area contributed by atoms with E-state index in [1.54, 1.807) is 12.1 Å². The zero-order chi connectivity index (χ0) is 22.0. The Morgan fingerprint density at radius 1 is 1.06 bits per heavy atom. The Hall–Kier alpha value is -4.07. The van der Waals surface area contributed by atoms with Gasteiger partial charge in [0.15, 0.2) is 0 Å². The first-order valence-electron chi connectivity index (χ1n) is 9.58. The third-order valence-electron chi connectivity index (χ3n) is 4.84. The van der Waals surface area contributed by atoms with Crippen molar-refractivity contribution in [3.05, 3.63) is 88.1 Å². The average molecular weight is 418 g/mol. The molecule has 1 amide bonds. The molecule has 2 heterocycles. The molecular weight excluding hydrogens is 399 g/mol. The van der Waals surface area contributed by atoms with E-state index in [1.807, 2.05) is 32.0 Å². The molecule has 156 valence electrons. The fourth-order valence-corrected chi connectivity index (χ4v) is 3.22. The van der Waals surface area contributed by atoms with E-state index in [2.05, 4.69) is 15.5 Å². The summed E-state index contributed by atoms with van der Waals surface area (Å²) in [5.74, 6) is -0.446. The van der Waals surface area contributed by atoms with Gasteiger partial charge in [0.2, 0.25) is 11.7 Å². The van der Waals surface area contributed by atoms with Crippen molar-refractivity contribution in [3.63, 3.8) is 0 Å². The van der Waals surface area contributed by atoms with Crippen LogP contribution in [0, 0.1) is 19.7 Å². The third-order valence-corrected chi connectivity index (χ3v) is 4.84. The van der Waals surface area contributed by atoms with Crippen LogP contribution in [0.3, 0.4) is 0 Å². The van der Waals surface area contributed by atoms with E-state index < -0.39 is 5.56 Å². The minimum atomic E-state index is -0.437. The summed E-state index contributed by atoms with van der Waals surface area (Å²) in [6, 6.07) is 14.5. The molecule has 0 atom stereocenters. The molecule has 0 bridgehead atoms. The second-order valence-electron chi connectivity index (χ2n) is 7.10. The second kappa shape index (κ2) is 8.35. The molecule has 4 rings (SSSR count). The average Bonchev–Trinajstić information content (AvgIpc) is 3.23. The van der Waals surface area contributed by atoms with E-state index in [0.29, 0.717) is 5.56 Å². The van der Waals surface area contributed by atoms with Gasteiger partial charge in [-0.25, -0.2) is 4.39 Å². The highest BCUT2D eigenvalue weighted by Crippen LogP contribution is 2.21. The topological polar surface area (TPSA) is 90.0 Å². The first kappa shape index (κ1) is 20.2. The van der Waals surface area contributed by atoms with Gasteiger partial charge in [0, 0.05) is 17.4 Å². The summed E-state index contributed by atoms with van der Waals surface area (Å²) < 4.78 is 19.6. The molecule has 0 unspecified atom stereocenters. The molecule has 0 aliphatic carbocycles. The van der Waals surface area contributed by atoms with Crippen LogP contribution < -0.4 is 10.9 Å². The van der Waals surface area contributed by atoms with Crippen LogP contribution in [0.15, 0.2) is 70.1 Å². The van der Waals surface area contributed by atoms with Gasteiger partial charge in [0.1, 0.15) is 17.9 Å². The van der Waals surface area contributed by atoms with Crippen molar-refractivity contribution in [1.82, 2.24) is 14.7 Å². The Balaban J connectivity index is 1.57. The van der Waals surface area contributed by atoms with Crippen molar-refractivity contribution in [1.29, 1.82) is 0 Å². The zero-order valence-corrected chi connectivity index (χ0v) is 16.9. The van der Waals surface area contributed by atoms with Crippen LogP contribution in [-0.2, 0) is 11.3 Å². The number of aromatic nitrogens is 3. The molecule has 0 fully saturated rings. The van der Waals surface area contributed by atoms with Gasteiger partial charge in [-0.15, -0.1) is 0 Å². The third kappa shape index (κ3) is 4.28. The van der Waals surface area contributed by atoms with Gasteiger partial charge < -0.3 is 14.4 Å². The number of rotatable bonds is 5. The number of nitrogens with zero attached hydrogens (tertiary/aromatic N) is 3. The number of hydrogen-bond acceptors (Lipinski definition) is 5. The van der Waals surface area contributed by atoms with E-state index in [0.717, 1.165) is 16.8 Å². The van der Waals surface area contributed by atoms with Crippen LogP contribution in [0.5, 0.6) is 0 Å². The van der Waals surface area contributed by atoms with Crippen LogP contribution >= 0.6 is 0 Å². The van der Waals surface area contributed by atoms with Gasteiger partial charge in [-0.3, -0.25) is 9.59 Å². The van der Waals surface area contributed by atoms with Gasteiger partial charge in [-0.2, -0.15) is 4.98 Å². The Morgan fingerprint density at radius 2 is 1.77 bits per heavy atom. The molecule has 8 heteroatoms. The molecule has 0 aliphatic heterocycles. The highest BCUT2D eigenvalue weighted by molar-refractivity contribution is 5.92. The summed E-state index contributed by atoms with van der Waals surface area (Å²) in [7, 11) is 0. The Labute approximate surface area is 177 Å². The number of para-hydroxylation sites is 1. The molecule has 1 N–H and O–H groups in total. The lowest BCUT2D eigenvalue weighted by molar-refractivity contribution is -0.116. The van der Waals surface area contributed by atoms with Crippen molar-refractivity contribution >= 4 is 11.6 Å². The number of amides is 1. The van der Waals surface area contributed by atoms with Crippen molar-refractivity contribution in [2.75, 3.05) is 5.32 Å². The minimum absolute atomic E-state index is 0.0221. The maximum atomic E-state index is 13.1. The molecular formula is C23H19FN4O3. The summed E-state index contributed by atoms with van der Waals surface area (Å²) in [4.78, 5) is 29.7. The molecule has 2 aromatic heterocycles. The number of benzene rings is 2. The van der Waals surface area contributed by atoms with E-state index >= 15 is 0 Å². The maximum absolute atomic E-state index is 13.1. The van der Waals surface area contributed by atoms with Crippen molar-refractivity contribution < 1.29 is 13.7 Å². The first-order valence-corrected chi connectivity index (χ1v) is 9.58. The van der Waals surface area contributed by atoms with Crippen molar-refractivity contribution in [2.45, 2.75) is 20.4 Å². The highest BCUT2D eigenvalue weighted by Gasteiger charge is 2.16. The molecule has 0 aliphatic rings. The lowest BCUT2D eigenvalue weighted by Gasteiger charge is -2.12. The Bertz CT molecular complexity index is 1290. The molecule has 4 aromatic rings. The quantitative estimate of drug-likeness (QED) is 0.530. The summed E-state index contributed by atoms with van der Waals surface area (Å²) in [6.45, 7) is 3.65. The summed E-state index contributed by atoms with van der Waals surface area (Å²) >= 11 is 0. The van der Waals surface area contributed by atoms with Crippen LogP contribution in [0.1, 0.15) is 11.1 Å². The van der Waals surface area contributed by atoms with Gasteiger partial charge in [0.25, 0.3) is 11.4 Å². The van der Waals surface area contributed by atoms with E-state index in [9.17, 15) is 14.0 Å². The number of anilines is 1. The van der Waals surface area contributed by atoms with Crippen molar-refractivity contribution in [2.24, 2.45) is 0 Å². The number of carbonyl (C=O) groups is 1. The fraction of sp³-hybridized carbons (Fsp3) is 0.130. The molecule has 7 nitrogen and oxygen atoms in total. The van der Waals surface area contributed by atoms with Crippen LogP contribution in [0.25, 0.3) is 22.8 Å². The lowest BCUT2D eigenvalue weighted by Crippen LogP contribution is -2.28. The molecule has 0 radical (unpaired) electrons. The number of pyridine rings is 1. The molecule has 2 aromatic carbocycles. The van der Waals surface area contributed by atoms with E-state index in [-0.39, 0.29) is 35.5 Å². The number of carbonyl (C=O) groups excluding carboxylic acids is 1. The smallest absolute Gasteiger partial charge is 0.263 e. The van der Waals surface area contributed by atoms with Gasteiger partial charge in [-0.05, 0) is 61.4 Å². The molecule has 31 heavy (non-hydrogen) atoms. The van der Waals surface area contributed by atoms with Crippen LogP contribution in [0.2, 0.25) is 0 Å². The standard InChI is InChI=1S/C23H19FN4O3/c1-14-5-3-6-15(2)20(14)25-19(29)13-28-12-4-7-18(23(28)30)22-26-21(27-31-22)16-8-10-17(24)11-9-16/h3-12H,13H2,1-2H3,(H,25,29). The number of hydrogen-bond donors (Lipinski definition) is 1. The number of nitrogens with one attached hydrogen (secondary N) is 1. The minimum Gasteiger partial charge on any atom is -0.333 e. The predicted molar refractivity (Wildman–Crippen MR) is 114 cm³/mol. The normalized spacial score (nSPS) is 10.8. The fourth-order valence-electron chi connectivity index (χ4n) is 3.22. The highest BCUT2D eigenvalue weighted by atomic mass is 19.1. The zero-order valence-electron chi connectivity index (χ0n) is 16.9. The summed E-state index contributed by atoms with van der Waals surface area (Å²) in [6.07, 6.45) is 1.52. The summed E-state index contributed by atoms with van der Waals surface area (Å²) in [5.41, 5.74) is 2.90. The first-order chi connectivity index (χ1) is 14.9. The van der Waals surface area contributed by atoms with Gasteiger partial charge in [-0.1, -0.05) is 23.4 Å². The van der Waals surface area contributed by atoms with Gasteiger partial charge in [0.05, 0.1) is 0 Å². The van der Waals surface area contributed by atoms with Crippen LogP contribution in [-0.4, -0.2) is 20.6 Å². The number of aryl methyl sites for hydroxylation is 2. The van der Waals surface area contributed by atoms with Crippen molar-refractivity contribution in [3.8, 4) is 22.8 Å². The lowest BCUT2D eigenvalue weighted by atomic mass is 10.1. The second-order valence-corrected chi connectivity index (χ2v) is 7.10. The van der Waals surface area contributed by atoms with E-state index in [1.165, 1.54) is 35.0 Å². The largest absolute Gasteiger partial charge is 0.333 e. The molecule has 0 saturated carbocycles. The summed E-state index contributed by atoms with van der Waals surface area (Å²) in [5, 5.41) is 6.73. The maximum Gasteiger partial charge on any atom is 0.263 e. The number of halogens is 1.